The first-order valence-corrected chi connectivity index (χ1v) is 9.92. The molecule has 0 saturated carbocycles. The molecule has 0 aliphatic carbocycles. The van der Waals surface area contributed by atoms with Crippen LogP contribution in [0.4, 0.5) is 0 Å². The number of methoxy groups -OCH3 is 1. The molecule has 1 aliphatic heterocycles. The van der Waals surface area contributed by atoms with E-state index >= 15 is 0 Å². The summed E-state index contributed by atoms with van der Waals surface area (Å²) < 4.78 is 17.4. The van der Waals surface area contributed by atoms with Gasteiger partial charge in [-0.3, -0.25) is 9.69 Å². The van der Waals surface area contributed by atoms with Crippen LogP contribution in [0.2, 0.25) is 0 Å². The summed E-state index contributed by atoms with van der Waals surface area (Å²) in [5, 5.41) is 0. The molecule has 2 aromatic rings. The number of amides is 1. The molecule has 1 saturated heterocycles. The van der Waals surface area contributed by atoms with E-state index in [1.54, 1.807) is 20.2 Å². The number of hydrogen-bond donors (Lipinski definition) is 0. The zero-order valence-electron chi connectivity index (χ0n) is 15.9. The van der Waals surface area contributed by atoms with Crippen molar-refractivity contribution in [3.05, 3.63) is 58.5 Å². The van der Waals surface area contributed by atoms with Crippen LogP contribution in [0, 0.1) is 6.92 Å². The van der Waals surface area contributed by atoms with E-state index in [1.165, 1.54) is 22.2 Å². The Labute approximate surface area is 174 Å². The predicted molar refractivity (Wildman–Crippen MR) is 116 cm³/mol. The summed E-state index contributed by atoms with van der Waals surface area (Å²) in [4.78, 5) is 14.2. The highest BCUT2D eigenvalue weighted by molar-refractivity contribution is 8.26. The third kappa shape index (κ3) is 4.85. The standard InChI is InChI=1S/C21H21NO4S2/c1-14-4-7-16(8-5-14)25-10-11-26-17-9-6-15(12-18(17)24-3)13-19-20(23)22(2)21(27)28-19/h4-9,12-13H,10-11H2,1-3H3/b19-13+. The predicted octanol–water partition coefficient (Wildman–Crippen LogP) is 4.29. The maximum Gasteiger partial charge on any atom is 0.265 e. The highest BCUT2D eigenvalue weighted by atomic mass is 32.2. The Balaban J connectivity index is 1.61. The molecular weight excluding hydrogens is 394 g/mol. The number of hydrogen-bond acceptors (Lipinski definition) is 6. The van der Waals surface area contributed by atoms with Gasteiger partial charge in [-0.2, -0.15) is 0 Å². The lowest BCUT2D eigenvalue weighted by molar-refractivity contribution is -0.121. The number of aryl methyl sites for hydroxylation is 1. The molecule has 3 rings (SSSR count). The zero-order chi connectivity index (χ0) is 20.1. The number of carbonyl (C=O) groups is 1. The van der Waals surface area contributed by atoms with Crippen molar-refractivity contribution in [3.63, 3.8) is 0 Å². The van der Waals surface area contributed by atoms with Gasteiger partial charge in [0.1, 0.15) is 23.3 Å². The molecule has 0 radical (unpaired) electrons. The van der Waals surface area contributed by atoms with Crippen molar-refractivity contribution in [3.8, 4) is 17.2 Å². The van der Waals surface area contributed by atoms with Gasteiger partial charge in [0.2, 0.25) is 0 Å². The molecule has 0 N–H and O–H groups in total. The lowest BCUT2D eigenvalue weighted by Gasteiger charge is -2.12. The van der Waals surface area contributed by atoms with Crippen molar-refractivity contribution in [2.75, 3.05) is 27.4 Å². The molecule has 146 valence electrons. The maximum atomic E-state index is 12.1. The van der Waals surface area contributed by atoms with Crippen molar-refractivity contribution < 1.29 is 19.0 Å². The van der Waals surface area contributed by atoms with Gasteiger partial charge in [0.15, 0.2) is 11.5 Å². The normalized spacial score (nSPS) is 15.2. The van der Waals surface area contributed by atoms with Crippen LogP contribution in [-0.2, 0) is 4.79 Å². The van der Waals surface area contributed by atoms with Crippen molar-refractivity contribution in [2.45, 2.75) is 6.92 Å². The Morgan fingerprint density at radius 2 is 1.79 bits per heavy atom. The zero-order valence-corrected chi connectivity index (χ0v) is 17.6. The first-order valence-electron chi connectivity index (χ1n) is 8.70. The van der Waals surface area contributed by atoms with Gasteiger partial charge in [-0.1, -0.05) is 47.7 Å². The molecule has 1 amide bonds. The Morgan fingerprint density at radius 3 is 2.43 bits per heavy atom. The molecule has 0 spiro atoms. The Morgan fingerprint density at radius 1 is 1.07 bits per heavy atom. The summed E-state index contributed by atoms with van der Waals surface area (Å²) in [6.07, 6.45) is 1.80. The molecular formula is C21H21NO4S2. The van der Waals surface area contributed by atoms with Crippen LogP contribution in [0.5, 0.6) is 17.2 Å². The van der Waals surface area contributed by atoms with Crippen LogP contribution < -0.4 is 14.2 Å². The highest BCUT2D eigenvalue weighted by Gasteiger charge is 2.28. The van der Waals surface area contributed by atoms with Gasteiger partial charge in [0, 0.05) is 7.05 Å². The quantitative estimate of drug-likeness (QED) is 0.382. The molecule has 0 atom stereocenters. The van der Waals surface area contributed by atoms with E-state index in [9.17, 15) is 4.79 Å². The van der Waals surface area contributed by atoms with E-state index < -0.39 is 0 Å². The molecule has 0 aromatic heterocycles. The summed E-state index contributed by atoms with van der Waals surface area (Å²) in [6.45, 7) is 2.84. The van der Waals surface area contributed by atoms with Crippen molar-refractivity contribution in [1.29, 1.82) is 0 Å². The van der Waals surface area contributed by atoms with E-state index in [1.807, 2.05) is 49.4 Å². The molecule has 1 heterocycles. The molecule has 5 nitrogen and oxygen atoms in total. The highest BCUT2D eigenvalue weighted by Crippen LogP contribution is 2.34. The lowest BCUT2D eigenvalue weighted by atomic mass is 10.2. The number of carbonyl (C=O) groups excluding carboxylic acids is 1. The SMILES string of the molecule is COc1cc(/C=C2/SC(=S)N(C)C2=O)ccc1OCCOc1ccc(C)cc1. The summed E-state index contributed by atoms with van der Waals surface area (Å²) in [6, 6.07) is 13.4. The molecule has 2 aromatic carbocycles. The minimum Gasteiger partial charge on any atom is -0.493 e. The number of ether oxygens (including phenoxy) is 3. The number of nitrogens with zero attached hydrogens (tertiary/aromatic N) is 1. The Bertz CT molecular complexity index is 909. The summed E-state index contributed by atoms with van der Waals surface area (Å²) in [5.41, 5.74) is 2.03. The molecule has 1 aliphatic rings. The number of rotatable bonds is 7. The van der Waals surface area contributed by atoms with Gasteiger partial charge in [-0.15, -0.1) is 0 Å². The minimum absolute atomic E-state index is 0.0949. The number of thiocarbonyl (C=S) groups is 1. The van der Waals surface area contributed by atoms with Crippen LogP contribution in [0.1, 0.15) is 11.1 Å². The topological polar surface area (TPSA) is 48.0 Å². The fourth-order valence-corrected chi connectivity index (χ4v) is 3.72. The summed E-state index contributed by atoms with van der Waals surface area (Å²) >= 11 is 6.44. The summed E-state index contributed by atoms with van der Waals surface area (Å²) in [7, 11) is 3.26. The fourth-order valence-electron chi connectivity index (χ4n) is 2.54. The minimum atomic E-state index is -0.0949. The number of benzene rings is 2. The molecule has 1 fully saturated rings. The molecule has 7 heteroatoms. The monoisotopic (exact) mass is 415 g/mol. The van der Waals surface area contributed by atoms with E-state index in [2.05, 4.69) is 0 Å². The fraction of sp³-hybridized carbons (Fsp3) is 0.238. The van der Waals surface area contributed by atoms with Gasteiger partial charge in [0.05, 0.1) is 12.0 Å². The largest absolute Gasteiger partial charge is 0.493 e. The van der Waals surface area contributed by atoms with E-state index in [4.69, 9.17) is 26.4 Å². The van der Waals surface area contributed by atoms with E-state index in [-0.39, 0.29) is 5.91 Å². The van der Waals surface area contributed by atoms with Gasteiger partial charge in [-0.05, 0) is 42.8 Å². The average molecular weight is 416 g/mol. The Hall–Kier alpha value is -2.51. The smallest absolute Gasteiger partial charge is 0.265 e. The van der Waals surface area contributed by atoms with E-state index in [0.717, 1.165) is 11.3 Å². The van der Waals surface area contributed by atoms with Gasteiger partial charge < -0.3 is 14.2 Å². The second kappa shape index (κ2) is 9.12. The Kier molecular flexibility index (Phi) is 6.59. The third-order valence-electron chi connectivity index (χ3n) is 4.10. The second-order valence-electron chi connectivity index (χ2n) is 6.16. The van der Waals surface area contributed by atoms with Gasteiger partial charge >= 0.3 is 0 Å². The van der Waals surface area contributed by atoms with Crippen molar-refractivity contribution >= 4 is 40.3 Å². The lowest BCUT2D eigenvalue weighted by Crippen LogP contribution is -2.22. The van der Waals surface area contributed by atoms with Crippen molar-refractivity contribution in [2.24, 2.45) is 0 Å². The number of thioether (sulfide) groups is 1. The van der Waals surface area contributed by atoms with Gasteiger partial charge in [-0.25, -0.2) is 0 Å². The van der Waals surface area contributed by atoms with Crippen LogP contribution in [0.3, 0.4) is 0 Å². The molecule has 0 bridgehead atoms. The van der Waals surface area contributed by atoms with Crippen LogP contribution in [0.15, 0.2) is 47.4 Å². The molecule has 0 unspecified atom stereocenters. The molecule has 28 heavy (non-hydrogen) atoms. The first-order chi connectivity index (χ1) is 13.5. The number of likely N-dealkylation sites (N-methyl/N-ethyl adjacent to an activating group) is 1. The third-order valence-corrected chi connectivity index (χ3v) is 5.59. The first kappa shape index (κ1) is 20.2. The maximum absolute atomic E-state index is 12.1. The summed E-state index contributed by atoms with van der Waals surface area (Å²) in [5.74, 6) is 1.93. The van der Waals surface area contributed by atoms with Crippen LogP contribution in [-0.4, -0.2) is 42.5 Å². The second-order valence-corrected chi connectivity index (χ2v) is 7.84. The van der Waals surface area contributed by atoms with E-state index in [0.29, 0.717) is 33.9 Å². The van der Waals surface area contributed by atoms with Crippen molar-refractivity contribution in [1.82, 2.24) is 4.90 Å². The van der Waals surface area contributed by atoms with Crippen LogP contribution in [0.25, 0.3) is 6.08 Å². The van der Waals surface area contributed by atoms with Crippen LogP contribution >= 0.6 is 24.0 Å². The van der Waals surface area contributed by atoms with Gasteiger partial charge in [0.25, 0.3) is 5.91 Å². The average Bonchev–Trinajstić information content (AvgIpc) is 2.94.